The number of carbonyl (C=O) groups excluding carboxylic acids is 1. The molecule has 0 spiro atoms. The molecule has 0 radical (unpaired) electrons. The fourth-order valence-electron chi connectivity index (χ4n) is 1.72. The van der Waals surface area contributed by atoms with Gasteiger partial charge in [0, 0.05) is 17.4 Å². The number of nitrogens with one attached hydrogen (secondary N) is 1. The van der Waals surface area contributed by atoms with Crippen LogP contribution in [-0.2, 0) is 14.6 Å². The third-order valence-corrected chi connectivity index (χ3v) is 5.51. The van der Waals surface area contributed by atoms with E-state index < -0.39 is 15.8 Å². The molecule has 1 rings (SSSR count). The molecule has 1 aromatic rings. The lowest BCUT2D eigenvalue weighted by molar-refractivity contribution is -0.120. The van der Waals surface area contributed by atoms with Gasteiger partial charge in [0.25, 0.3) is 0 Å². The normalized spacial score (nSPS) is 11.2. The number of hydrogen-bond donors (Lipinski definition) is 2. The molecule has 0 unspecified atom stereocenters. The highest BCUT2D eigenvalue weighted by Gasteiger charge is 2.22. The lowest BCUT2D eigenvalue weighted by atomic mass is 10.1. The number of benzene rings is 1. The van der Waals surface area contributed by atoms with E-state index >= 15 is 0 Å². The summed E-state index contributed by atoms with van der Waals surface area (Å²) >= 11 is 3.16. The number of aromatic carboxylic acids is 1. The molecule has 1 amide bonds. The minimum Gasteiger partial charge on any atom is -0.478 e. The molecular weight excluding hydrogens is 362 g/mol. The number of hydrogen-bond acceptors (Lipinski definition) is 4. The molecule has 6 nitrogen and oxygen atoms in total. The van der Waals surface area contributed by atoms with Crippen LogP contribution < -0.4 is 5.32 Å². The topological polar surface area (TPSA) is 101 Å². The van der Waals surface area contributed by atoms with Crippen LogP contribution in [0, 0.1) is 6.92 Å². The smallest absolute Gasteiger partial charge is 0.335 e. The van der Waals surface area contributed by atoms with Gasteiger partial charge >= 0.3 is 5.97 Å². The van der Waals surface area contributed by atoms with E-state index in [1.165, 1.54) is 6.07 Å². The van der Waals surface area contributed by atoms with Crippen LogP contribution in [0.15, 0.2) is 21.5 Å². The lowest BCUT2D eigenvalue weighted by Crippen LogP contribution is -2.25. The molecule has 1 aromatic carbocycles. The fourth-order valence-corrected chi connectivity index (χ4v) is 3.87. The maximum atomic E-state index is 12.3. The molecule has 116 valence electrons. The first-order valence-electron chi connectivity index (χ1n) is 6.22. The summed E-state index contributed by atoms with van der Waals surface area (Å²) in [5, 5.41) is 11.5. The van der Waals surface area contributed by atoms with E-state index in [1.54, 1.807) is 13.8 Å². The molecule has 0 aliphatic carbocycles. The summed E-state index contributed by atoms with van der Waals surface area (Å²) in [6.45, 7) is 3.75. The van der Waals surface area contributed by atoms with E-state index in [0.29, 0.717) is 16.6 Å². The van der Waals surface area contributed by atoms with Crippen molar-refractivity contribution in [1.82, 2.24) is 5.32 Å². The van der Waals surface area contributed by atoms with Gasteiger partial charge < -0.3 is 10.4 Å². The second kappa shape index (κ2) is 7.04. The van der Waals surface area contributed by atoms with Gasteiger partial charge in [-0.15, -0.1) is 0 Å². The molecule has 21 heavy (non-hydrogen) atoms. The Labute approximate surface area is 131 Å². The Morgan fingerprint density at radius 2 is 1.95 bits per heavy atom. The maximum absolute atomic E-state index is 12.3. The Hall–Kier alpha value is -1.41. The van der Waals surface area contributed by atoms with Gasteiger partial charge in [-0.2, -0.15) is 0 Å². The second-order valence-corrected chi connectivity index (χ2v) is 7.34. The van der Waals surface area contributed by atoms with Crippen molar-refractivity contribution in [2.24, 2.45) is 0 Å². The van der Waals surface area contributed by atoms with E-state index in [9.17, 15) is 18.0 Å². The number of carboxylic acid groups (broad SMARTS) is 1. The van der Waals surface area contributed by atoms with Crippen molar-refractivity contribution in [2.45, 2.75) is 25.2 Å². The van der Waals surface area contributed by atoms with E-state index in [4.69, 9.17) is 5.11 Å². The molecule has 0 aliphatic heterocycles. The summed E-state index contributed by atoms with van der Waals surface area (Å²) in [5.74, 6) is -1.93. The van der Waals surface area contributed by atoms with Gasteiger partial charge in [-0.3, -0.25) is 4.79 Å². The zero-order valence-corrected chi connectivity index (χ0v) is 14.0. The molecule has 0 aromatic heterocycles. The van der Waals surface area contributed by atoms with Crippen molar-refractivity contribution < 1.29 is 23.1 Å². The Kier molecular flexibility index (Phi) is 5.91. The van der Waals surface area contributed by atoms with Crippen molar-refractivity contribution in [1.29, 1.82) is 0 Å². The summed E-state index contributed by atoms with van der Waals surface area (Å²) in [4.78, 5) is 22.3. The van der Waals surface area contributed by atoms with Gasteiger partial charge in [-0.05, 0) is 31.5 Å². The molecule has 0 atom stereocenters. The van der Waals surface area contributed by atoms with Crippen LogP contribution in [0.5, 0.6) is 0 Å². The highest BCUT2D eigenvalue weighted by molar-refractivity contribution is 9.10. The summed E-state index contributed by atoms with van der Waals surface area (Å²) in [6.07, 6.45) is -0.162. The van der Waals surface area contributed by atoms with Crippen LogP contribution in [0.1, 0.15) is 29.3 Å². The Morgan fingerprint density at radius 1 is 1.33 bits per heavy atom. The van der Waals surface area contributed by atoms with E-state index in [1.807, 2.05) is 0 Å². The number of carboxylic acids is 1. The minimum atomic E-state index is -3.74. The molecule has 8 heteroatoms. The third-order valence-electron chi connectivity index (χ3n) is 2.85. The largest absolute Gasteiger partial charge is 0.478 e. The van der Waals surface area contributed by atoms with Crippen molar-refractivity contribution in [2.75, 3.05) is 12.3 Å². The number of rotatable bonds is 6. The van der Waals surface area contributed by atoms with Crippen molar-refractivity contribution in [3.05, 3.63) is 27.7 Å². The van der Waals surface area contributed by atoms with Gasteiger partial charge in [-0.25, -0.2) is 13.2 Å². The highest BCUT2D eigenvalue weighted by atomic mass is 79.9. The summed E-state index contributed by atoms with van der Waals surface area (Å²) in [7, 11) is -3.74. The van der Waals surface area contributed by atoms with E-state index in [2.05, 4.69) is 21.2 Å². The van der Waals surface area contributed by atoms with E-state index in [0.717, 1.165) is 6.07 Å². The quantitative estimate of drug-likeness (QED) is 0.786. The van der Waals surface area contributed by atoms with Crippen molar-refractivity contribution >= 4 is 37.6 Å². The van der Waals surface area contributed by atoms with Gasteiger partial charge in [-0.1, -0.05) is 15.9 Å². The SMILES string of the molecule is CCNC(=O)CCS(=O)(=O)c1cc(C(=O)O)cc(Br)c1C. The molecular formula is C13H16BrNO5S. The first-order valence-corrected chi connectivity index (χ1v) is 8.66. The average Bonchev–Trinajstić information content (AvgIpc) is 2.39. The molecule has 0 heterocycles. The molecule has 0 saturated heterocycles. The number of sulfone groups is 1. The summed E-state index contributed by atoms with van der Waals surface area (Å²) in [6, 6.07) is 2.47. The molecule has 0 saturated carbocycles. The van der Waals surface area contributed by atoms with Gasteiger partial charge in [0.15, 0.2) is 9.84 Å². The predicted octanol–water partition coefficient (Wildman–Crippen LogP) is 1.76. The maximum Gasteiger partial charge on any atom is 0.335 e. The standard InChI is InChI=1S/C13H16BrNO5S/c1-3-15-12(16)4-5-21(19,20)11-7-9(13(17)18)6-10(14)8(11)2/h6-7H,3-5H2,1-2H3,(H,15,16)(H,17,18). The summed E-state index contributed by atoms with van der Waals surface area (Å²) in [5.41, 5.74) is 0.306. The lowest BCUT2D eigenvalue weighted by Gasteiger charge is -2.10. The molecule has 0 bridgehead atoms. The average molecular weight is 378 g/mol. The number of carbonyl (C=O) groups is 2. The highest BCUT2D eigenvalue weighted by Crippen LogP contribution is 2.27. The zero-order chi connectivity index (χ0) is 16.2. The molecule has 0 fully saturated rings. The van der Waals surface area contributed by atoms with Gasteiger partial charge in [0.2, 0.25) is 5.91 Å². The first kappa shape index (κ1) is 17.6. The van der Waals surface area contributed by atoms with Gasteiger partial charge in [0.1, 0.15) is 0 Å². The number of halogens is 1. The zero-order valence-electron chi connectivity index (χ0n) is 11.6. The van der Waals surface area contributed by atoms with Crippen LogP contribution in [0.3, 0.4) is 0 Å². The fraction of sp³-hybridized carbons (Fsp3) is 0.385. The number of amides is 1. The van der Waals surface area contributed by atoms with Crippen LogP contribution >= 0.6 is 15.9 Å². The second-order valence-electron chi connectivity index (χ2n) is 4.41. The third kappa shape index (κ3) is 4.53. The predicted molar refractivity (Wildman–Crippen MR) is 81.2 cm³/mol. The van der Waals surface area contributed by atoms with Crippen LogP contribution in [0.2, 0.25) is 0 Å². The van der Waals surface area contributed by atoms with Crippen LogP contribution in [0.4, 0.5) is 0 Å². The Balaban J connectivity index is 3.13. The van der Waals surface area contributed by atoms with Crippen molar-refractivity contribution in [3.63, 3.8) is 0 Å². The van der Waals surface area contributed by atoms with Crippen LogP contribution in [-0.4, -0.2) is 37.7 Å². The van der Waals surface area contributed by atoms with Crippen molar-refractivity contribution in [3.8, 4) is 0 Å². The first-order chi connectivity index (χ1) is 9.69. The van der Waals surface area contributed by atoms with Gasteiger partial charge in [0.05, 0.1) is 16.2 Å². The van der Waals surface area contributed by atoms with Crippen LogP contribution in [0.25, 0.3) is 0 Å². The minimum absolute atomic E-state index is 0.0708. The molecule has 2 N–H and O–H groups in total. The Bertz CT molecular complexity index is 669. The van der Waals surface area contributed by atoms with E-state index in [-0.39, 0.29) is 28.5 Å². The summed E-state index contributed by atoms with van der Waals surface area (Å²) < 4.78 is 25.0. The monoisotopic (exact) mass is 377 g/mol. The Morgan fingerprint density at radius 3 is 2.48 bits per heavy atom. The molecule has 0 aliphatic rings.